The van der Waals surface area contributed by atoms with Crippen molar-refractivity contribution in [2.45, 2.75) is 58.0 Å². The second kappa shape index (κ2) is 5.73. The van der Waals surface area contributed by atoms with Gasteiger partial charge in [-0.25, -0.2) is 0 Å². The smallest absolute Gasteiger partial charge is 0.263 e. The minimum Gasteiger partial charge on any atom is -0.389 e. The van der Waals surface area contributed by atoms with Crippen molar-refractivity contribution in [1.29, 1.82) is 0 Å². The fourth-order valence-corrected chi connectivity index (χ4v) is 4.97. The van der Waals surface area contributed by atoms with Crippen LogP contribution >= 0.6 is 11.3 Å². The number of hydrogen-bond donors (Lipinski definition) is 1. The van der Waals surface area contributed by atoms with Gasteiger partial charge in [0.25, 0.3) is 5.91 Å². The molecule has 2 unspecified atom stereocenters. The minimum atomic E-state index is -0.505. The van der Waals surface area contributed by atoms with Crippen LogP contribution < -0.4 is 0 Å². The molecule has 0 bridgehead atoms. The van der Waals surface area contributed by atoms with Gasteiger partial charge >= 0.3 is 0 Å². The van der Waals surface area contributed by atoms with Gasteiger partial charge in [-0.05, 0) is 44.2 Å². The van der Waals surface area contributed by atoms with E-state index in [2.05, 4.69) is 13.8 Å². The molecule has 1 aromatic heterocycles. The zero-order valence-corrected chi connectivity index (χ0v) is 13.8. The predicted octanol–water partition coefficient (Wildman–Crippen LogP) is 3.39. The van der Waals surface area contributed by atoms with Gasteiger partial charge in [-0.3, -0.25) is 4.79 Å². The van der Waals surface area contributed by atoms with Gasteiger partial charge in [0.15, 0.2) is 0 Å². The molecule has 2 fully saturated rings. The van der Waals surface area contributed by atoms with E-state index in [0.717, 1.165) is 43.5 Å². The summed E-state index contributed by atoms with van der Waals surface area (Å²) in [6.07, 6.45) is 6.03. The van der Waals surface area contributed by atoms with Crippen molar-refractivity contribution in [3.8, 4) is 0 Å². The lowest BCUT2D eigenvalue weighted by atomic mass is 9.71. The number of carbonyl (C=O) groups is 1. The highest BCUT2D eigenvalue weighted by Crippen LogP contribution is 2.40. The number of nitrogens with zero attached hydrogens (tertiary/aromatic N) is 1. The molecule has 1 saturated carbocycles. The molecular weight excluding hydrogens is 282 g/mol. The molecule has 3 rings (SSSR count). The van der Waals surface area contributed by atoms with Gasteiger partial charge in [-0.2, -0.15) is 0 Å². The quantitative estimate of drug-likeness (QED) is 0.910. The van der Waals surface area contributed by atoms with Crippen LogP contribution in [0.5, 0.6) is 0 Å². The number of thiophene rings is 1. The molecule has 1 aliphatic carbocycles. The molecule has 1 N–H and O–H groups in total. The van der Waals surface area contributed by atoms with E-state index in [1.807, 2.05) is 11.0 Å². The van der Waals surface area contributed by atoms with Gasteiger partial charge in [0.2, 0.25) is 0 Å². The van der Waals surface area contributed by atoms with Gasteiger partial charge in [-0.15, -0.1) is 11.3 Å². The first-order chi connectivity index (χ1) is 10.0. The highest BCUT2D eigenvalue weighted by atomic mass is 32.1. The highest BCUT2D eigenvalue weighted by Gasteiger charge is 2.43. The minimum absolute atomic E-state index is 0.162. The van der Waals surface area contributed by atoms with E-state index in [4.69, 9.17) is 0 Å². The third-order valence-corrected chi connectivity index (χ3v) is 6.64. The number of rotatable bonds is 2. The lowest BCUT2D eigenvalue weighted by Gasteiger charge is -2.47. The molecule has 0 radical (unpaired) electrons. The molecule has 1 amide bonds. The molecule has 2 heterocycles. The van der Waals surface area contributed by atoms with Crippen molar-refractivity contribution in [1.82, 2.24) is 4.90 Å². The second-order valence-electron chi connectivity index (χ2n) is 6.62. The maximum Gasteiger partial charge on any atom is 0.263 e. The molecule has 4 heteroatoms. The summed E-state index contributed by atoms with van der Waals surface area (Å²) in [6, 6.07) is 2.04. The number of fused-ring (bicyclic) bond motifs is 1. The molecule has 116 valence electrons. The van der Waals surface area contributed by atoms with Crippen LogP contribution in [-0.2, 0) is 6.42 Å². The summed E-state index contributed by atoms with van der Waals surface area (Å²) < 4.78 is 0. The highest BCUT2D eigenvalue weighted by molar-refractivity contribution is 7.14. The van der Waals surface area contributed by atoms with Gasteiger partial charge in [0.1, 0.15) is 0 Å². The summed E-state index contributed by atoms with van der Waals surface area (Å²) in [7, 11) is 0. The summed E-state index contributed by atoms with van der Waals surface area (Å²) >= 11 is 1.64. The zero-order valence-electron chi connectivity index (χ0n) is 13.0. The molecule has 1 aliphatic heterocycles. The summed E-state index contributed by atoms with van der Waals surface area (Å²) in [5.41, 5.74) is 0.728. The van der Waals surface area contributed by atoms with Crippen molar-refractivity contribution in [2.75, 3.05) is 13.1 Å². The SMILES string of the molecule is CCc1sc(C(=O)N2CCC3(O)CCCCC3C2)cc1C. The largest absolute Gasteiger partial charge is 0.389 e. The summed E-state index contributed by atoms with van der Waals surface area (Å²) in [6.45, 7) is 5.65. The Hall–Kier alpha value is -0.870. The second-order valence-corrected chi connectivity index (χ2v) is 7.75. The summed E-state index contributed by atoms with van der Waals surface area (Å²) in [5, 5.41) is 10.7. The van der Waals surface area contributed by atoms with Gasteiger partial charge in [-0.1, -0.05) is 19.8 Å². The fourth-order valence-electron chi connectivity index (χ4n) is 3.89. The van der Waals surface area contributed by atoms with Crippen LogP contribution in [0.3, 0.4) is 0 Å². The van der Waals surface area contributed by atoms with Gasteiger partial charge in [0, 0.05) is 23.9 Å². The molecular formula is C17H25NO2S. The Bertz CT molecular complexity index is 539. The number of carbonyl (C=O) groups excluding carboxylic acids is 1. The van der Waals surface area contributed by atoms with Crippen LogP contribution in [0, 0.1) is 12.8 Å². The molecule has 1 saturated heterocycles. The van der Waals surface area contributed by atoms with Crippen molar-refractivity contribution < 1.29 is 9.90 Å². The van der Waals surface area contributed by atoms with Crippen molar-refractivity contribution >= 4 is 17.2 Å². The van der Waals surface area contributed by atoms with Gasteiger partial charge < -0.3 is 10.0 Å². The monoisotopic (exact) mass is 307 g/mol. The van der Waals surface area contributed by atoms with Crippen molar-refractivity contribution in [3.63, 3.8) is 0 Å². The first-order valence-corrected chi connectivity index (χ1v) is 8.96. The topological polar surface area (TPSA) is 40.5 Å². The number of amides is 1. The molecule has 3 nitrogen and oxygen atoms in total. The Morgan fingerprint density at radius 2 is 2.29 bits per heavy atom. The maximum atomic E-state index is 12.7. The normalized spacial score (nSPS) is 29.3. The number of likely N-dealkylation sites (tertiary alicyclic amines) is 1. The molecule has 2 aliphatic rings. The third kappa shape index (κ3) is 2.76. The van der Waals surface area contributed by atoms with E-state index in [1.54, 1.807) is 11.3 Å². The molecule has 0 aromatic carbocycles. The van der Waals surface area contributed by atoms with Crippen LogP contribution in [0.2, 0.25) is 0 Å². The lowest BCUT2D eigenvalue weighted by Crippen LogP contribution is -2.54. The standard InChI is InChI=1S/C17H25NO2S/c1-3-14-12(2)10-15(21-14)16(19)18-9-8-17(20)7-5-4-6-13(17)11-18/h10,13,20H,3-9,11H2,1-2H3. The van der Waals surface area contributed by atoms with Crippen LogP contribution in [0.1, 0.15) is 59.1 Å². The predicted molar refractivity (Wildman–Crippen MR) is 85.9 cm³/mol. The van der Waals surface area contributed by atoms with Gasteiger partial charge in [0.05, 0.1) is 10.5 Å². The van der Waals surface area contributed by atoms with E-state index in [1.165, 1.54) is 16.9 Å². The number of hydrogen-bond acceptors (Lipinski definition) is 3. The van der Waals surface area contributed by atoms with E-state index in [-0.39, 0.29) is 11.8 Å². The average Bonchev–Trinajstić information content (AvgIpc) is 2.86. The van der Waals surface area contributed by atoms with Crippen LogP contribution in [0.15, 0.2) is 6.07 Å². The van der Waals surface area contributed by atoms with Crippen LogP contribution in [0.25, 0.3) is 0 Å². The van der Waals surface area contributed by atoms with Crippen LogP contribution in [-0.4, -0.2) is 34.6 Å². The zero-order chi connectivity index (χ0) is 15.0. The first kappa shape index (κ1) is 15.0. The molecule has 1 aromatic rings. The van der Waals surface area contributed by atoms with E-state index in [9.17, 15) is 9.90 Å². The number of aryl methyl sites for hydroxylation is 2. The fraction of sp³-hybridized carbons (Fsp3) is 0.706. The Labute approximate surface area is 131 Å². The first-order valence-electron chi connectivity index (χ1n) is 8.14. The Morgan fingerprint density at radius 1 is 1.48 bits per heavy atom. The Balaban J connectivity index is 1.74. The van der Waals surface area contributed by atoms with E-state index >= 15 is 0 Å². The Kier molecular flexibility index (Phi) is 4.10. The molecule has 0 spiro atoms. The number of aliphatic hydroxyl groups is 1. The van der Waals surface area contributed by atoms with Crippen molar-refractivity contribution in [2.24, 2.45) is 5.92 Å². The third-order valence-electron chi connectivity index (χ3n) is 5.27. The summed E-state index contributed by atoms with van der Waals surface area (Å²) in [4.78, 5) is 16.9. The molecule has 2 atom stereocenters. The van der Waals surface area contributed by atoms with Crippen LogP contribution in [0.4, 0.5) is 0 Å². The average molecular weight is 307 g/mol. The summed E-state index contributed by atoms with van der Waals surface area (Å²) in [5.74, 6) is 0.436. The maximum absolute atomic E-state index is 12.7. The lowest BCUT2D eigenvalue weighted by molar-refractivity contribution is -0.0885. The van der Waals surface area contributed by atoms with Crippen molar-refractivity contribution in [3.05, 3.63) is 21.4 Å². The number of piperidine rings is 1. The Morgan fingerprint density at radius 3 is 3.00 bits per heavy atom. The molecule has 21 heavy (non-hydrogen) atoms. The van der Waals surface area contributed by atoms with E-state index < -0.39 is 5.60 Å². The van der Waals surface area contributed by atoms with E-state index in [0.29, 0.717) is 6.54 Å².